The van der Waals surface area contributed by atoms with Crippen LogP contribution in [0.5, 0.6) is 0 Å². The Morgan fingerprint density at radius 3 is 2.41 bits per heavy atom. The first kappa shape index (κ1) is 24.0. The molecule has 0 spiro atoms. The molecule has 3 aromatic rings. The third-order valence-corrected chi connectivity index (χ3v) is 5.37. The molecule has 1 amide bonds. The molecule has 1 atom stereocenters. The van der Waals surface area contributed by atoms with Gasteiger partial charge in [-0.25, -0.2) is 13.4 Å². The average Bonchev–Trinajstić information content (AvgIpc) is 3.13. The summed E-state index contributed by atoms with van der Waals surface area (Å²) in [4.78, 5) is 20.6. The van der Waals surface area contributed by atoms with Crippen LogP contribution in [0.2, 0.25) is 10.0 Å². The largest absolute Gasteiger partial charge is 0.416 e. The highest BCUT2D eigenvalue weighted by molar-refractivity contribution is 7.90. The van der Waals surface area contributed by atoms with Gasteiger partial charge in [0.1, 0.15) is 0 Å². The summed E-state index contributed by atoms with van der Waals surface area (Å²) in [5, 5.41) is 5.93. The van der Waals surface area contributed by atoms with Gasteiger partial charge in [0.15, 0.2) is 11.6 Å². The Morgan fingerprint density at radius 1 is 1.16 bits per heavy atom. The lowest BCUT2D eigenvalue weighted by molar-refractivity contribution is -0.137. The van der Waals surface area contributed by atoms with Crippen LogP contribution in [0.1, 0.15) is 34.7 Å². The van der Waals surface area contributed by atoms with Crippen LogP contribution < -0.4 is 5.32 Å². The van der Waals surface area contributed by atoms with E-state index in [0.29, 0.717) is 17.2 Å². The summed E-state index contributed by atoms with van der Waals surface area (Å²) in [6.07, 6.45) is -2.49. The minimum absolute atomic E-state index is 0.0216. The number of alkyl halides is 3. The van der Waals surface area contributed by atoms with Gasteiger partial charge >= 0.3 is 6.18 Å². The lowest BCUT2D eigenvalue weighted by atomic mass is 10.1. The zero-order valence-electron chi connectivity index (χ0n) is 16.4. The summed E-state index contributed by atoms with van der Waals surface area (Å²) in [7, 11) is -3.81. The number of amides is 1. The van der Waals surface area contributed by atoms with Crippen LogP contribution in [0.15, 0.2) is 41.7 Å². The van der Waals surface area contributed by atoms with Gasteiger partial charge in [-0.1, -0.05) is 23.2 Å². The van der Waals surface area contributed by atoms with Gasteiger partial charge in [-0.05, 0) is 37.3 Å². The van der Waals surface area contributed by atoms with E-state index in [4.69, 9.17) is 23.2 Å². The zero-order chi connectivity index (χ0) is 23.8. The zero-order valence-corrected chi connectivity index (χ0v) is 18.7. The lowest BCUT2D eigenvalue weighted by Gasteiger charge is -2.15. The van der Waals surface area contributed by atoms with Gasteiger partial charge in [0.25, 0.3) is 11.1 Å². The van der Waals surface area contributed by atoms with Crippen LogP contribution in [0.4, 0.5) is 13.2 Å². The minimum atomic E-state index is -4.70. The van der Waals surface area contributed by atoms with Gasteiger partial charge < -0.3 is 5.32 Å². The maximum Gasteiger partial charge on any atom is 0.416 e. The number of rotatable bonds is 5. The van der Waals surface area contributed by atoms with E-state index in [-0.39, 0.29) is 22.2 Å². The Labute approximate surface area is 190 Å². The summed E-state index contributed by atoms with van der Waals surface area (Å²) in [6, 6.07) is 4.39. The quantitative estimate of drug-likeness (QED) is 0.561. The summed E-state index contributed by atoms with van der Waals surface area (Å²) in [6.45, 7) is 1.45. The van der Waals surface area contributed by atoms with Gasteiger partial charge in [-0.3, -0.25) is 4.79 Å². The highest BCUT2D eigenvalue weighted by Crippen LogP contribution is 2.32. The van der Waals surface area contributed by atoms with Gasteiger partial charge in [0.2, 0.25) is 9.84 Å². The Morgan fingerprint density at radius 2 is 1.84 bits per heavy atom. The number of nitrogens with one attached hydrogen (secondary N) is 1. The fraction of sp³-hybridized carbons (Fsp3) is 0.222. The second-order valence-corrected chi connectivity index (χ2v) is 9.48. The standard InChI is InChI=1S/C18H14Cl2F3N5O3S/c1-9(25-16(29)10-5-11(18(21,22)23)7-13(20)6-10)15-26-17(32(2,30)31)27-28(15)14-4-3-12(19)8-24-14/h3-9H,1-2H3,(H,25,29). The predicted octanol–water partition coefficient (Wildman–Crippen LogP) is 3.88. The molecule has 0 fully saturated rings. The molecule has 1 unspecified atom stereocenters. The SMILES string of the molecule is CC(NC(=O)c1cc(Cl)cc(C(F)(F)F)c1)c1nc(S(C)(=O)=O)nn1-c1ccc(Cl)cn1. The van der Waals surface area contributed by atoms with Gasteiger partial charge in [0, 0.05) is 23.0 Å². The van der Waals surface area contributed by atoms with Crippen molar-refractivity contribution in [2.45, 2.75) is 24.3 Å². The normalized spacial score (nSPS) is 13.1. The number of halogens is 5. The Hall–Kier alpha value is -2.70. The van der Waals surface area contributed by atoms with Crippen molar-refractivity contribution in [2.75, 3.05) is 6.26 Å². The van der Waals surface area contributed by atoms with E-state index < -0.39 is 38.7 Å². The highest BCUT2D eigenvalue weighted by atomic mass is 35.5. The number of aromatic nitrogens is 4. The van der Waals surface area contributed by atoms with Crippen molar-refractivity contribution < 1.29 is 26.4 Å². The molecule has 0 aliphatic heterocycles. The fourth-order valence-electron chi connectivity index (χ4n) is 2.63. The number of benzene rings is 1. The van der Waals surface area contributed by atoms with Crippen molar-refractivity contribution in [1.82, 2.24) is 25.1 Å². The van der Waals surface area contributed by atoms with Crippen LogP contribution in [0.3, 0.4) is 0 Å². The third kappa shape index (κ3) is 5.37. The van der Waals surface area contributed by atoms with Crippen LogP contribution in [-0.2, 0) is 16.0 Å². The molecule has 32 heavy (non-hydrogen) atoms. The van der Waals surface area contributed by atoms with E-state index in [2.05, 4.69) is 20.4 Å². The Kier molecular flexibility index (Phi) is 6.50. The number of sulfone groups is 1. The van der Waals surface area contributed by atoms with E-state index >= 15 is 0 Å². The first-order valence-corrected chi connectivity index (χ1v) is 11.4. The molecule has 3 rings (SSSR count). The second kappa shape index (κ2) is 8.68. The number of carbonyl (C=O) groups excluding carboxylic acids is 1. The summed E-state index contributed by atoms with van der Waals surface area (Å²) in [5.41, 5.74) is -1.42. The molecule has 0 aliphatic rings. The van der Waals surface area contributed by atoms with Crippen LogP contribution in [-0.4, -0.2) is 40.3 Å². The Balaban J connectivity index is 1.98. The summed E-state index contributed by atoms with van der Waals surface area (Å²) in [5.74, 6) is -0.744. The minimum Gasteiger partial charge on any atom is -0.342 e. The molecular formula is C18H14Cl2F3N5O3S. The number of hydrogen-bond acceptors (Lipinski definition) is 6. The molecule has 0 radical (unpaired) electrons. The van der Waals surface area contributed by atoms with Gasteiger partial charge in [0.05, 0.1) is 16.6 Å². The molecule has 14 heteroatoms. The number of hydrogen-bond donors (Lipinski definition) is 1. The molecular weight excluding hydrogens is 494 g/mol. The van der Waals surface area contributed by atoms with E-state index in [1.807, 2.05) is 0 Å². The highest BCUT2D eigenvalue weighted by Gasteiger charge is 2.32. The summed E-state index contributed by atoms with van der Waals surface area (Å²) < 4.78 is 64.1. The molecule has 170 valence electrons. The van der Waals surface area contributed by atoms with E-state index in [1.54, 1.807) is 0 Å². The first-order chi connectivity index (χ1) is 14.8. The topological polar surface area (TPSA) is 107 Å². The van der Waals surface area contributed by atoms with Crippen molar-refractivity contribution in [3.8, 4) is 5.82 Å². The van der Waals surface area contributed by atoms with Crippen molar-refractivity contribution in [1.29, 1.82) is 0 Å². The maximum absolute atomic E-state index is 13.0. The molecule has 0 saturated carbocycles. The Bertz CT molecular complexity index is 1280. The van der Waals surface area contributed by atoms with Crippen molar-refractivity contribution in [3.63, 3.8) is 0 Å². The molecule has 2 heterocycles. The second-order valence-electron chi connectivity index (χ2n) is 6.69. The molecule has 1 aromatic carbocycles. The first-order valence-electron chi connectivity index (χ1n) is 8.73. The van der Waals surface area contributed by atoms with Crippen LogP contribution in [0.25, 0.3) is 5.82 Å². The maximum atomic E-state index is 13.0. The monoisotopic (exact) mass is 507 g/mol. The number of carbonyl (C=O) groups is 1. The number of pyridine rings is 1. The smallest absolute Gasteiger partial charge is 0.342 e. The number of nitrogens with zero attached hydrogens (tertiary/aromatic N) is 4. The van der Waals surface area contributed by atoms with Crippen LogP contribution in [0, 0.1) is 0 Å². The molecule has 0 bridgehead atoms. The van der Waals surface area contributed by atoms with Crippen molar-refractivity contribution in [3.05, 3.63) is 63.5 Å². The average molecular weight is 508 g/mol. The predicted molar refractivity (Wildman–Crippen MR) is 110 cm³/mol. The van der Waals surface area contributed by atoms with E-state index in [0.717, 1.165) is 17.0 Å². The molecule has 1 N–H and O–H groups in total. The lowest BCUT2D eigenvalue weighted by Crippen LogP contribution is -2.29. The fourth-order valence-corrected chi connectivity index (χ4v) is 3.47. The summed E-state index contributed by atoms with van der Waals surface area (Å²) >= 11 is 11.6. The van der Waals surface area contributed by atoms with Crippen molar-refractivity contribution >= 4 is 38.9 Å². The molecule has 8 nitrogen and oxygen atoms in total. The van der Waals surface area contributed by atoms with Crippen LogP contribution >= 0.6 is 23.2 Å². The van der Waals surface area contributed by atoms with Gasteiger partial charge in [-0.15, -0.1) is 5.10 Å². The third-order valence-electron chi connectivity index (χ3n) is 4.10. The van der Waals surface area contributed by atoms with E-state index in [1.165, 1.54) is 25.3 Å². The van der Waals surface area contributed by atoms with E-state index in [9.17, 15) is 26.4 Å². The molecule has 2 aromatic heterocycles. The molecule has 0 aliphatic carbocycles. The molecule has 0 saturated heterocycles. The van der Waals surface area contributed by atoms with Crippen molar-refractivity contribution in [2.24, 2.45) is 0 Å². The van der Waals surface area contributed by atoms with Gasteiger partial charge in [-0.2, -0.15) is 22.8 Å².